The highest BCUT2D eigenvalue weighted by atomic mass is 16.4. The minimum atomic E-state index is -0.772. The summed E-state index contributed by atoms with van der Waals surface area (Å²) in [5.74, 6) is 1.12. The van der Waals surface area contributed by atoms with Gasteiger partial charge in [0.25, 0.3) is 0 Å². The lowest BCUT2D eigenvalue weighted by Crippen LogP contribution is -2.34. The third-order valence-electron chi connectivity index (χ3n) is 4.67. The van der Waals surface area contributed by atoms with E-state index in [1.165, 1.54) is 32.1 Å². The van der Waals surface area contributed by atoms with Gasteiger partial charge in [0.1, 0.15) is 0 Å². The topological polar surface area (TPSA) is 63.3 Å². The third-order valence-corrected chi connectivity index (χ3v) is 4.67. The molecule has 0 radical (unpaired) electrons. The number of carboxylic acids is 1. The maximum Gasteiger partial charge on any atom is 0.304 e. The normalized spacial score (nSPS) is 22.4. The summed E-state index contributed by atoms with van der Waals surface area (Å²) in [4.78, 5) is 10.7. The van der Waals surface area contributed by atoms with Crippen LogP contribution in [0.4, 0.5) is 0 Å². The highest BCUT2D eigenvalue weighted by Crippen LogP contribution is 2.34. The summed E-state index contributed by atoms with van der Waals surface area (Å²) in [5.41, 5.74) is 6.03. The smallest absolute Gasteiger partial charge is 0.304 e. The lowest BCUT2D eigenvalue weighted by Gasteiger charge is -2.32. The number of hydrogen-bond acceptors (Lipinski definition) is 2. The van der Waals surface area contributed by atoms with E-state index in [2.05, 4.69) is 13.8 Å². The second-order valence-electron chi connectivity index (χ2n) is 6.04. The van der Waals surface area contributed by atoms with Crippen molar-refractivity contribution in [2.24, 2.45) is 23.5 Å². The highest BCUT2D eigenvalue weighted by molar-refractivity contribution is 5.67. The van der Waals surface area contributed by atoms with Gasteiger partial charge in [-0.05, 0) is 24.2 Å². The molecule has 1 saturated carbocycles. The van der Waals surface area contributed by atoms with E-state index in [0.29, 0.717) is 11.8 Å². The monoisotopic (exact) mass is 255 g/mol. The van der Waals surface area contributed by atoms with Crippen LogP contribution in [0.2, 0.25) is 0 Å². The first-order valence-electron chi connectivity index (χ1n) is 7.52. The Morgan fingerprint density at radius 3 is 2.44 bits per heavy atom. The third kappa shape index (κ3) is 4.97. The lowest BCUT2D eigenvalue weighted by molar-refractivity contribution is -0.137. The molecule has 3 unspecified atom stereocenters. The van der Waals surface area contributed by atoms with Gasteiger partial charge in [-0.2, -0.15) is 0 Å². The number of aliphatic carboxylic acids is 1. The van der Waals surface area contributed by atoms with E-state index in [1.54, 1.807) is 0 Å². The van der Waals surface area contributed by atoms with Crippen molar-refractivity contribution in [2.75, 3.05) is 0 Å². The molecule has 3 heteroatoms. The van der Waals surface area contributed by atoms with E-state index >= 15 is 0 Å². The molecular weight excluding hydrogens is 226 g/mol. The molecule has 0 heterocycles. The van der Waals surface area contributed by atoms with Crippen LogP contribution >= 0.6 is 0 Å². The zero-order valence-electron chi connectivity index (χ0n) is 11.9. The number of rotatable bonds is 7. The van der Waals surface area contributed by atoms with Crippen molar-refractivity contribution < 1.29 is 9.90 Å². The minimum absolute atomic E-state index is 0.107. The Labute approximate surface area is 111 Å². The summed E-state index contributed by atoms with van der Waals surface area (Å²) in [6.45, 7) is 4.45. The Morgan fingerprint density at radius 2 is 1.94 bits per heavy atom. The number of nitrogens with two attached hydrogens (primary N) is 1. The average Bonchev–Trinajstić information content (AvgIpc) is 2.35. The van der Waals surface area contributed by atoms with E-state index in [0.717, 1.165) is 18.8 Å². The molecular formula is C15H29NO2. The molecule has 0 saturated heterocycles. The first-order valence-corrected chi connectivity index (χ1v) is 7.52. The molecule has 0 aromatic heterocycles. The molecule has 3 atom stereocenters. The predicted octanol–water partition coefficient (Wildman–Crippen LogP) is 3.42. The maximum absolute atomic E-state index is 10.7. The van der Waals surface area contributed by atoms with E-state index in [4.69, 9.17) is 10.8 Å². The molecule has 3 N–H and O–H groups in total. The molecule has 0 aliphatic heterocycles. The van der Waals surface area contributed by atoms with Crippen LogP contribution in [-0.2, 0) is 4.79 Å². The van der Waals surface area contributed by atoms with Crippen LogP contribution in [0, 0.1) is 17.8 Å². The van der Waals surface area contributed by atoms with Crippen LogP contribution < -0.4 is 5.73 Å². The van der Waals surface area contributed by atoms with Crippen molar-refractivity contribution in [3.8, 4) is 0 Å². The van der Waals surface area contributed by atoms with Crippen LogP contribution in [0.5, 0.6) is 0 Å². The van der Waals surface area contributed by atoms with Crippen molar-refractivity contribution >= 4 is 5.97 Å². The fourth-order valence-corrected chi connectivity index (χ4v) is 3.39. The van der Waals surface area contributed by atoms with Crippen LogP contribution in [0.15, 0.2) is 0 Å². The summed E-state index contributed by atoms with van der Waals surface area (Å²) in [5, 5.41) is 8.83. The molecule has 106 valence electrons. The largest absolute Gasteiger partial charge is 0.481 e. The maximum atomic E-state index is 10.7. The van der Waals surface area contributed by atoms with Gasteiger partial charge < -0.3 is 10.8 Å². The van der Waals surface area contributed by atoms with Crippen molar-refractivity contribution in [3.63, 3.8) is 0 Å². The number of hydrogen-bond donors (Lipinski definition) is 2. The summed E-state index contributed by atoms with van der Waals surface area (Å²) >= 11 is 0. The molecule has 0 aromatic rings. The van der Waals surface area contributed by atoms with Gasteiger partial charge in [-0.1, -0.05) is 52.4 Å². The molecule has 1 rings (SSSR count). The SMILES string of the molecule is CCC(CC(C)C1CCCCC1)C(N)CC(=O)O. The Hall–Kier alpha value is -0.570. The van der Waals surface area contributed by atoms with Crippen LogP contribution in [0.1, 0.15) is 65.2 Å². The first-order chi connectivity index (χ1) is 8.54. The fourth-order valence-electron chi connectivity index (χ4n) is 3.39. The molecule has 0 amide bonds. The standard InChI is InChI=1S/C15H29NO2/c1-3-12(14(16)10-15(17)18)9-11(2)13-7-5-4-6-8-13/h11-14H,3-10,16H2,1-2H3,(H,17,18). The van der Waals surface area contributed by atoms with E-state index in [1.807, 2.05) is 0 Å². The fraction of sp³-hybridized carbons (Fsp3) is 0.933. The quantitative estimate of drug-likeness (QED) is 0.732. The van der Waals surface area contributed by atoms with Crippen LogP contribution in [-0.4, -0.2) is 17.1 Å². The molecule has 18 heavy (non-hydrogen) atoms. The molecule has 0 bridgehead atoms. The lowest BCUT2D eigenvalue weighted by atomic mass is 9.75. The molecule has 0 spiro atoms. The average molecular weight is 255 g/mol. The second-order valence-corrected chi connectivity index (χ2v) is 6.04. The zero-order chi connectivity index (χ0) is 13.5. The summed E-state index contributed by atoms with van der Waals surface area (Å²) < 4.78 is 0. The summed E-state index contributed by atoms with van der Waals surface area (Å²) in [7, 11) is 0. The Kier molecular flexibility index (Phi) is 6.69. The van der Waals surface area contributed by atoms with Gasteiger partial charge in [-0.15, -0.1) is 0 Å². The Balaban J connectivity index is 2.42. The van der Waals surface area contributed by atoms with Gasteiger partial charge in [0, 0.05) is 6.04 Å². The van der Waals surface area contributed by atoms with Crippen molar-refractivity contribution in [1.82, 2.24) is 0 Å². The van der Waals surface area contributed by atoms with E-state index in [9.17, 15) is 4.79 Å². The first kappa shape index (κ1) is 15.5. The van der Waals surface area contributed by atoms with Crippen LogP contribution in [0.25, 0.3) is 0 Å². The van der Waals surface area contributed by atoms with Gasteiger partial charge in [0.15, 0.2) is 0 Å². The zero-order valence-corrected chi connectivity index (χ0v) is 11.9. The predicted molar refractivity (Wildman–Crippen MR) is 74.4 cm³/mol. The molecule has 1 aliphatic rings. The highest BCUT2D eigenvalue weighted by Gasteiger charge is 2.26. The van der Waals surface area contributed by atoms with Gasteiger partial charge in [0.2, 0.25) is 0 Å². The number of carbonyl (C=O) groups is 1. The van der Waals surface area contributed by atoms with Crippen molar-refractivity contribution in [3.05, 3.63) is 0 Å². The van der Waals surface area contributed by atoms with Gasteiger partial charge >= 0.3 is 5.97 Å². The minimum Gasteiger partial charge on any atom is -0.481 e. The Bertz CT molecular complexity index is 249. The second kappa shape index (κ2) is 7.78. The molecule has 1 aliphatic carbocycles. The molecule has 3 nitrogen and oxygen atoms in total. The van der Waals surface area contributed by atoms with E-state index < -0.39 is 5.97 Å². The van der Waals surface area contributed by atoms with Gasteiger partial charge in [-0.25, -0.2) is 0 Å². The van der Waals surface area contributed by atoms with Gasteiger partial charge in [0.05, 0.1) is 6.42 Å². The summed E-state index contributed by atoms with van der Waals surface area (Å²) in [6, 6.07) is -0.182. The van der Waals surface area contributed by atoms with Crippen LogP contribution in [0.3, 0.4) is 0 Å². The number of carboxylic acid groups (broad SMARTS) is 1. The molecule has 0 aromatic carbocycles. The molecule has 1 fully saturated rings. The van der Waals surface area contributed by atoms with Crippen molar-refractivity contribution in [1.29, 1.82) is 0 Å². The van der Waals surface area contributed by atoms with Crippen molar-refractivity contribution in [2.45, 2.75) is 71.3 Å². The van der Waals surface area contributed by atoms with E-state index in [-0.39, 0.29) is 12.5 Å². The van der Waals surface area contributed by atoms with Gasteiger partial charge in [-0.3, -0.25) is 4.79 Å². The Morgan fingerprint density at radius 1 is 1.33 bits per heavy atom. The summed E-state index contributed by atoms with van der Waals surface area (Å²) in [6.07, 6.45) is 9.02.